The first-order valence-electron chi connectivity index (χ1n) is 6.27. The average Bonchev–Trinajstić information content (AvgIpc) is 2.97. The van der Waals surface area contributed by atoms with Crippen LogP contribution in [0.15, 0.2) is 42.7 Å². The van der Waals surface area contributed by atoms with Crippen LogP contribution >= 0.6 is 0 Å². The van der Waals surface area contributed by atoms with E-state index >= 15 is 0 Å². The third kappa shape index (κ3) is 2.51. The van der Waals surface area contributed by atoms with Crippen LogP contribution in [-0.4, -0.2) is 33.4 Å². The van der Waals surface area contributed by atoms with E-state index in [2.05, 4.69) is 5.10 Å². The Labute approximate surface area is 111 Å². The molecule has 1 aromatic carbocycles. The zero-order valence-electron chi connectivity index (χ0n) is 10.4. The minimum Gasteiger partial charge on any atom is -0.391 e. The van der Waals surface area contributed by atoms with Gasteiger partial charge >= 0.3 is 0 Å². The second-order valence-corrected chi connectivity index (χ2v) is 4.74. The van der Waals surface area contributed by atoms with Crippen molar-refractivity contribution in [3.63, 3.8) is 0 Å². The van der Waals surface area contributed by atoms with Crippen LogP contribution in [0.3, 0.4) is 0 Å². The molecule has 5 heteroatoms. The Bertz CT molecular complexity index is 579. The Morgan fingerprint density at radius 1 is 1.32 bits per heavy atom. The molecule has 19 heavy (non-hydrogen) atoms. The maximum Gasteiger partial charge on any atom is 0.229 e. The maximum atomic E-state index is 11.7. The van der Waals surface area contributed by atoms with Crippen molar-refractivity contribution in [3.8, 4) is 0 Å². The first kappa shape index (κ1) is 11.9. The molecule has 1 aliphatic heterocycles. The average molecular weight is 257 g/mol. The monoisotopic (exact) mass is 257 g/mol. The van der Waals surface area contributed by atoms with Gasteiger partial charge in [0.2, 0.25) is 5.91 Å². The van der Waals surface area contributed by atoms with Crippen LogP contribution in [0, 0.1) is 0 Å². The van der Waals surface area contributed by atoms with E-state index in [-0.39, 0.29) is 12.3 Å². The van der Waals surface area contributed by atoms with Crippen LogP contribution < -0.4 is 4.90 Å². The molecule has 1 amide bonds. The van der Waals surface area contributed by atoms with Crippen LogP contribution in [0.1, 0.15) is 12.0 Å². The summed E-state index contributed by atoms with van der Waals surface area (Å²) in [6.45, 7) is 1.03. The molecule has 1 fully saturated rings. The summed E-state index contributed by atoms with van der Waals surface area (Å²) in [5.74, 6) is -0.0493. The molecule has 5 nitrogen and oxygen atoms in total. The smallest absolute Gasteiger partial charge is 0.229 e. The fraction of sp³-hybridized carbons (Fsp3) is 0.286. The number of rotatable bonds is 3. The molecule has 0 saturated carbocycles. The third-order valence-electron chi connectivity index (χ3n) is 3.22. The number of aliphatic hydroxyl groups excluding tert-OH is 1. The van der Waals surface area contributed by atoms with Crippen molar-refractivity contribution in [2.45, 2.75) is 19.1 Å². The van der Waals surface area contributed by atoms with E-state index in [0.29, 0.717) is 13.1 Å². The lowest BCUT2D eigenvalue weighted by Crippen LogP contribution is -2.24. The first-order valence-corrected chi connectivity index (χ1v) is 6.27. The second kappa shape index (κ2) is 4.85. The molecule has 1 aliphatic rings. The van der Waals surface area contributed by atoms with Gasteiger partial charge in [-0.15, -0.1) is 0 Å². The van der Waals surface area contributed by atoms with E-state index in [1.54, 1.807) is 15.8 Å². The molecule has 2 aromatic rings. The van der Waals surface area contributed by atoms with Crippen LogP contribution in [-0.2, 0) is 11.3 Å². The molecule has 2 heterocycles. The molecule has 0 bridgehead atoms. The number of hydrogen-bond acceptors (Lipinski definition) is 3. The number of carbonyl (C=O) groups is 1. The number of aromatic nitrogens is 2. The van der Waals surface area contributed by atoms with Gasteiger partial charge in [0, 0.05) is 6.20 Å². The molecule has 1 unspecified atom stereocenters. The van der Waals surface area contributed by atoms with Gasteiger partial charge in [0.05, 0.1) is 37.5 Å². The fourth-order valence-corrected chi connectivity index (χ4v) is 2.29. The minimum absolute atomic E-state index is 0.0493. The van der Waals surface area contributed by atoms with E-state index in [0.717, 1.165) is 11.3 Å². The second-order valence-electron chi connectivity index (χ2n) is 4.74. The molecule has 3 rings (SSSR count). The Balaban J connectivity index is 1.75. The first-order chi connectivity index (χ1) is 9.22. The number of anilines is 1. The van der Waals surface area contributed by atoms with Crippen molar-refractivity contribution in [2.75, 3.05) is 11.4 Å². The number of hydrogen-bond donors (Lipinski definition) is 1. The van der Waals surface area contributed by atoms with Gasteiger partial charge in [0.15, 0.2) is 0 Å². The predicted octanol–water partition coefficient (Wildman–Crippen LogP) is 1.03. The normalized spacial score (nSPS) is 19.1. The Kier molecular flexibility index (Phi) is 3.05. The molecule has 0 aliphatic carbocycles. The highest BCUT2D eigenvalue weighted by Crippen LogP contribution is 2.21. The summed E-state index contributed by atoms with van der Waals surface area (Å²) in [5.41, 5.74) is 1.91. The topological polar surface area (TPSA) is 58.4 Å². The van der Waals surface area contributed by atoms with Gasteiger partial charge in [0.1, 0.15) is 0 Å². The fourth-order valence-electron chi connectivity index (χ4n) is 2.29. The van der Waals surface area contributed by atoms with Gasteiger partial charge in [-0.05, 0) is 5.56 Å². The Morgan fingerprint density at radius 2 is 2.11 bits per heavy atom. The summed E-state index contributed by atoms with van der Waals surface area (Å²) in [6, 6.07) is 10.0. The number of carbonyl (C=O) groups excluding carboxylic acids is 1. The molecule has 1 atom stereocenters. The highest BCUT2D eigenvalue weighted by molar-refractivity contribution is 5.95. The summed E-state index contributed by atoms with van der Waals surface area (Å²) in [5, 5.41) is 13.7. The van der Waals surface area contributed by atoms with Crippen molar-refractivity contribution in [1.82, 2.24) is 9.78 Å². The molecule has 1 aromatic heterocycles. The number of β-amino-alcohol motifs (C(OH)–C–C–N with tert-alkyl or cyclic N) is 1. The van der Waals surface area contributed by atoms with Gasteiger partial charge in [-0.25, -0.2) is 0 Å². The number of amides is 1. The molecular formula is C14H15N3O2. The van der Waals surface area contributed by atoms with Gasteiger partial charge in [-0.1, -0.05) is 30.3 Å². The molecule has 0 spiro atoms. The summed E-state index contributed by atoms with van der Waals surface area (Å²) >= 11 is 0. The van der Waals surface area contributed by atoms with Crippen molar-refractivity contribution in [3.05, 3.63) is 48.3 Å². The highest BCUT2D eigenvalue weighted by atomic mass is 16.3. The standard InChI is InChI=1S/C14H15N3O2/c18-13-6-14(19)17(10-13)12-7-15-16(9-12)8-11-4-2-1-3-5-11/h1-5,7,9,13,18H,6,8,10H2. The SMILES string of the molecule is O=C1CC(O)CN1c1cnn(Cc2ccccc2)c1. The van der Waals surface area contributed by atoms with Gasteiger partial charge < -0.3 is 10.0 Å². The van der Waals surface area contributed by atoms with E-state index in [1.807, 2.05) is 36.5 Å². The van der Waals surface area contributed by atoms with E-state index in [1.165, 1.54) is 0 Å². The molecule has 1 saturated heterocycles. The van der Waals surface area contributed by atoms with Crippen molar-refractivity contribution < 1.29 is 9.90 Å². The van der Waals surface area contributed by atoms with Crippen LogP contribution in [0.5, 0.6) is 0 Å². The maximum absolute atomic E-state index is 11.7. The molecular weight excluding hydrogens is 242 g/mol. The zero-order valence-corrected chi connectivity index (χ0v) is 10.4. The third-order valence-corrected chi connectivity index (χ3v) is 3.22. The van der Waals surface area contributed by atoms with Crippen LogP contribution in [0.4, 0.5) is 5.69 Å². The summed E-state index contributed by atoms with van der Waals surface area (Å²) in [4.78, 5) is 13.3. The van der Waals surface area contributed by atoms with Gasteiger partial charge in [-0.2, -0.15) is 5.10 Å². The van der Waals surface area contributed by atoms with Crippen molar-refractivity contribution in [1.29, 1.82) is 0 Å². The molecule has 0 radical (unpaired) electrons. The number of benzene rings is 1. The predicted molar refractivity (Wildman–Crippen MR) is 70.7 cm³/mol. The van der Waals surface area contributed by atoms with Crippen molar-refractivity contribution >= 4 is 11.6 Å². The van der Waals surface area contributed by atoms with Crippen LogP contribution in [0.25, 0.3) is 0 Å². The summed E-state index contributed by atoms with van der Waals surface area (Å²) in [6.07, 6.45) is 3.14. The largest absolute Gasteiger partial charge is 0.391 e. The quantitative estimate of drug-likeness (QED) is 0.893. The minimum atomic E-state index is -0.565. The van der Waals surface area contributed by atoms with E-state index in [9.17, 15) is 9.90 Å². The number of aliphatic hydroxyl groups is 1. The lowest BCUT2D eigenvalue weighted by molar-refractivity contribution is -0.117. The highest BCUT2D eigenvalue weighted by Gasteiger charge is 2.29. The zero-order chi connectivity index (χ0) is 13.2. The summed E-state index contributed by atoms with van der Waals surface area (Å²) < 4.78 is 1.79. The number of nitrogens with zero attached hydrogens (tertiary/aromatic N) is 3. The van der Waals surface area contributed by atoms with E-state index in [4.69, 9.17) is 0 Å². The Hall–Kier alpha value is -2.14. The van der Waals surface area contributed by atoms with Crippen LogP contribution in [0.2, 0.25) is 0 Å². The molecule has 1 N–H and O–H groups in total. The summed E-state index contributed by atoms with van der Waals surface area (Å²) in [7, 11) is 0. The van der Waals surface area contributed by atoms with Gasteiger partial charge in [0.25, 0.3) is 0 Å². The molecule has 98 valence electrons. The lowest BCUT2D eigenvalue weighted by atomic mass is 10.2. The van der Waals surface area contributed by atoms with Crippen molar-refractivity contribution in [2.24, 2.45) is 0 Å². The van der Waals surface area contributed by atoms with E-state index < -0.39 is 6.10 Å². The van der Waals surface area contributed by atoms with Gasteiger partial charge in [-0.3, -0.25) is 9.48 Å². The lowest BCUT2D eigenvalue weighted by Gasteiger charge is -2.12. The Morgan fingerprint density at radius 3 is 2.79 bits per heavy atom.